The van der Waals surface area contributed by atoms with Crippen molar-refractivity contribution in [2.24, 2.45) is 10.2 Å². The predicted octanol–water partition coefficient (Wildman–Crippen LogP) is 7.37. The van der Waals surface area contributed by atoms with Crippen molar-refractivity contribution in [1.29, 1.82) is 0 Å². The van der Waals surface area contributed by atoms with Gasteiger partial charge in [-0.15, -0.1) is 0 Å². The van der Waals surface area contributed by atoms with E-state index in [1.807, 2.05) is 43.3 Å². The van der Waals surface area contributed by atoms with E-state index in [1.54, 1.807) is 55.5 Å². The average Bonchev–Trinajstić information content (AvgIpc) is 2.93. The fraction of sp³-hybridized carbons (Fsp3) is 0.133. The zero-order valence-corrected chi connectivity index (χ0v) is 21.2. The van der Waals surface area contributed by atoms with E-state index in [0.29, 0.717) is 28.1 Å². The first kappa shape index (κ1) is 26.2. The molecule has 4 aromatic rings. The third-order valence-corrected chi connectivity index (χ3v) is 5.61. The van der Waals surface area contributed by atoms with Crippen molar-refractivity contribution in [3.05, 3.63) is 108 Å². The molecule has 0 radical (unpaired) electrons. The Balaban J connectivity index is 1.38. The van der Waals surface area contributed by atoms with Gasteiger partial charge in [0.1, 0.15) is 11.6 Å². The molecule has 0 aliphatic heterocycles. The molecule has 4 rings (SSSR count). The summed E-state index contributed by atoms with van der Waals surface area (Å²) < 4.78 is 24.9. The maximum atomic E-state index is 14.6. The number of rotatable bonds is 8. The lowest BCUT2D eigenvalue weighted by molar-refractivity contribution is 0.0525. The van der Waals surface area contributed by atoms with Crippen LogP contribution in [0, 0.1) is 5.82 Å². The number of azo groups is 1. The van der Waals surface area contributed by atoms with E-state index < -0.39 is 17.8 Å². The summed E-state index contributed by atoms with van der Waals surface area (Å²) in [6.45, 7) is 1.89. The van der Waals surface area contributed by atoms with E-state index in [-0.39, 0.29) is 12.2 Å². The number of halogens is 1. The second-order valence-electron chi connectivity index (χ2n) is 8.49. The Labute approximate surface area is 220 Å². The smallest absolute Gasteiger partial charge is 0.343 e. The van der Waals surface area contributed by atoms with E-state index in [9.17, 15) is 14.0 Å². The van der Waals surface area contributed by atoms with Gasteiger partial charge in [0, 0.05) is 25.3 Å². The van der Waals surface area contributed by atoms with Gasteiger partial charge in [0.25, 0.3) is 0 Å². The normalized spacial score (nSPS) is 10.8. The first-order valence-electron chi connectivity index (χ1n) is 11.9. The molecule has 0 spiro atoms. The molecule has 0 aliphatic carbocycles. The number of hydrogen-bond acceptors (Lipinski definition) is 7. The van der Waals surface area contributed by atoms with E-state index in [1.165, 1.54) is 12.1 Å². The molecule has 0 aliphatic rings. The molecule has 0 heterocycles. The molecule has 0 atom stereocenters. The highest BCUT2D eigenvalue weighted by Gasteiger charge is 2.13. The molecule has 0 fully saturated rings. The predicted molar refractivity (Wildman–Crippen MR) is 144 cm³/mol. The topological polar surface area (TPSA) is 80.6 Å². The Hall–Kier alpha value is -4.85. The van der Waals surface area contributed by atoms with Crippen LogP contribution < -0.4 is 9.64 Å². The van der Waals surface area contributed by atoms with Crippen LogP contribution in [0.1, 0.15) is 27.6 Å². The van der Waals surface area contributed by atoms with Crippen molar-refractivity contribution in [2.75, 3.05) is 25.6 Å². The highest BCUT2D eigenvalue weighted by molar-refractivity contribution is 5.92. The van der Waals surface area contributed by atoms with Gasteiger partial charge in [0.2, 0.25) is 0 Å². The monoisotopic (exact) mass is 511 g/mol. The molecule has 0 saturated carbocycles. The minimum atomic E-state index is -0.581. The van der Waals surface area contributed by atoms with E-state index in [4.69, 9.17) is 9.47 Å². The molecule has 0 bridgehead atoms. The second-order valence-corrected chi connectivity index (χ2v) is 8.49. The Morgan fingerprint density at radius 1 is 0.763 bits per heavy atom. The van der Waals surface area contributed by atoms with Crippen molar-refractivity contribution < 1.29 is 23.5 Å². The number of esters is 2. The lowest BCUT2D eigenvalue weighted by Gasteiger charge is -2.11. The van der Waals surface area contributed by atoms with Gasteiger partial charge in [0.05, 0.1) is 29.1 Å². The van der Waals surface area contributed by atoms with Crippen molar-refractivity contribution in [3.8, 4) is 16.9 Å². The van der Waals surface area contributed by atoms with Gasteiger partial charge in [-0.25, -0.2) is 14.0 Å². The Bertz CT molecular complexity index is 1450. The Morgan fingerprint density at radius 2 is 1.34 bits per heavy atom. The summed E-state index contributed by atoms with van der Waals surface area (Å²) in [5, 5.41) is 8.44. The molecule has 192 valence electrons. The van der Waals surface area contributed by atoms with E-state index >= 15 is 0 Å². The number of anilines is 1. The van der Waals surface area contributed by atoms with Crippen LogP contribution in [0.5, 0.6) is 5.75 Å². The summed E-state index contributed by atoms with van der Waals surface area (Å²) in [6, 6.07) is 24.9. The van der Waals surface area contributed by atoms with Crippen molar-refractivity contribution in [3.63, 3.8) is 0 Å². The number of benzene rings is 4. The second kappa shape index (κ2) is 11.9. The first-order chi connectivity index (χ1) is 18.3. The van der Waals surface area contributed by atoms with Crippen LogP contribution in [-0.4, -0.2) is 32.6 Å². The minimum Gasteiger partial charge on any atom is -0.462 e. The van der Waals surface area contributed by atoms with Gasteiger partial charge < -0.3 is 14.4 Å². The lowest BCUT2D eigenvalue weighted by atomic mass is 10.0. The third-order valence-electron chi connectivity index (χ3n) is 5.61. The maximum Gasteiger partial charge on any atom is 0.343 e. The molecular weight excluding hydrogens is 485 g/mol. The van der Waals surface area contributed by atoms with E-state index in [2.05, 4.69) is 10.2 Å². The van der Waals surface area contributed by atoms with Crippen LogP contribution >= 0.6 is 0 Å². The zero-order chi connectivity index (χ0) is 27.1. The van der Waals surface area contributed by atoms with Crippen LogP contribution in [-0.2, 0) is 4.74 Å². The molecule has 0 amide bonds. The molecule has 0 aromatic heterocycles. The van der Waals surface area contributed by atoms with Crippen LogP contribution in [0.3, 0.4) is 0 Å². The molecule has 38 heavy (non-hydrogen) atoms. The summed E-state index contributed by atoms with van der Waals surface area (Å²) >= 11 is 0. The molecule has 8 heteroatoms. The number of hydrogen-bond donors (Lipinski definition) is 0. The number of carbonyl (C=O) groups is 2. The molecule has 0 N–H and O–H groups in total. The third kappa shape index (κ3) is 6.47. The van der Waals surface area contributed by atoms with E-state index in [0.717, 1.165) is 17.4 Å². The van der Waals surface area contributed by atoms with Gasteiger partial charge in [-0.3, -0.25) is 0 Å². The van der Waals surface area contributed by atoms with Gasteiger partial charge in [-0.2, -0.15) is 10.2 Å². The van der Waals surface area contributed by atoms with Gasteiger partial charge >= 0.3 is 11.9 Å². The molecule has 0 unspecified atom stereocenters. The Morgan fingerprint density at radius 3 is 1.89 bits per heavy atom. The van der Waals surface area contributed by atoms with Crippen LogP contribution in [0.25, 0.3) is 11.1 Å². The first-order valence-corrected chi connectivity index (χ1v) is 11.9. The summed E-state index contributed by atoms with van der Waals surface area (Å²) in [4.78, 5) is 26.4. The van der Waals surface area contributed by atoms with Crippen molar-refractivity contribution in [2.45, 2.75) is 6.92 Å². The average molecular weight is 512 g/mol. The summed E-state index contributed by atoms with van der Waals surface area (Å²) in [6.07, 6.45) is 0. The number of nitrogens with zero attached hydrogens (tertiary/aromatic N) is 3. The molecule has 7 nitrogen and oxygen atoms in total. The lowest BCUT2D eigenvalue weighted by Crippen LogP contribution is -2.08. The molecule has 4 aromatic carbocycles. The summed E-state index contributed by atoms with van der Waals surface area (Å²) in [5.41, 5.74) is 3.71. The summed E-state index contributed by atoms with van der Waals surface area (Å²) in [5.74, 6) is -1.34. The van der Waals surface area contributed by atoms with Crippen molar-refractivity contribution >= 4 is 29.0 Å². The standard InChI is InChI=1S/C30H26FN3O4/c1-4-37-29(35)22-9-18-27(28(31)19-22)20-5-7-21(8-6-20)30(36)38-26-16-12-24(13-17-26)33-32-23-10-14-25(15-11-23)34(2)3/h5-19H,4H2,1-3H3. The highest BCUT2D eigenvalue weighted by Crippen LogP contribution is 2.26. The molecule has 0 saturated heterocycles. The Kier molecular flexibility index (Phi) is 8.23. The van der Waals surface area contributed by atoms with Crippen LogP contribution in [0.15, 0.2) is 101 Å². The summed E-state index contributed by atoms with van der Waals surface area (Å²) in [7, 11) is 3.94. The quantitative estimate of drug-likeness (QED) is 0.140. The maximum absolute atomic E-state index is 14.6. The number of carbonyl (C=O) groups excluding carboxylic acids is 2. The fourth-order valence-electron chi connectivity index (χ4n) is 3.56. The van der Waals surface area contributed by atoms with Crippen LogP contribution in [0.2, 0.25) is 0 Å². The largest absolute Gasteiger partial charge is 0.462 e. The van der Waals surface area contributed by atoms with Gasteiger partial charge in [-0.05, 0) is 85.3 Å². The highest BCUT2D eigenvalue weighted by atomic mass is 19.1. The molecular formula is C30H26FN3O4. The fourth-order valence-corrected chi connectivity index (χ4v) is 3.56. The zero-order valence-electron chi connectivity index (χ0n) is 21.2. The van der Waals surface area contributed by atoms with Gasteiger partial charge in [-0.1, -0.05) is 18.2 Å². The van der Waals surface area contributed by atoms with Crippen molar-refractivity contribution in [1.82, 2.24) is 0 Å². The number of ether oxygens (including phenoxy) is 2. The minimum absolute atomic E-state index is 0.138. The van der Waals surface area contributed by atoms with Crippen LogP contribution in [0.4, 0.5) is 21.5 Å². The van der Waals surface area contributed by atoms with Gasteiger partial charge in [0.15, 0.2) is 0 Å². The SMILES string of the molecule is CCOC(=O)c1ccc(-c2ccc(C(=O)Oc3ccc(N=Nc4ccc(N(C)C)cc4)cc3)cc2)c(F)c1.